The van der Waals surface area contributed by atoms with Crippen molar-refractivity contribution in [1.82, 2.24) is 15.5 Å². The number of benzene rings is 1. The summed E-state index contributed by atoms with van der Waals surface area (Å²) in [6, 6.07) is 6.49. The molecular formula is C19H32N4O2. The number of guanidine groups is 1. The molecule has 0 bridgehead atoms. The minimum absolute atomic E-state index is 0.303. The molecule has 0 fully saturated rings. The third-order valence-corrected chi connectivity index (χ3v) is 4.86. The van der Waals surface area contributed by atoms with Crippen molar-refractivity contribution in [2.24, 2.45) is 10.9 Å². The molecule has 0 aromatic heterocycles. The minimum Gasteiger partial charge on any atom is -0.454 e. The Bertz CT molecular complexity index is 571. The zero-order valence-corrected chi connectivity index (χ0v) is 16.1. The Kier molecular flexibility index (Phi) is 7.37. The molecule has 0 saturated carbocycles. The zero-order valence-electron chi connectivity index (χ0n) is 16.1. The van der Waals surface area contributed by atoms with Gasteiger partial charge in [-0.2, -0.15) is 0 Å². The molecule has 1 aromatic carbocycles. The Morgan fingerprint density at radius 2 is 1.88 bits per heavy atom. The third-order valence-electron chi connectivity index (χ3n) is 4.86. The van der Waals surface area contributed by atoms with Gasteiger partial charge in [0.05, 0.1) is 0 Å². The average molecular weight is 348 g/mol. The molecule has 1 unspecified atom stereocenters. The van der Waals surface area contributed by atoms with Crippen molar-refractivity contribution >= 4 is 5.96 Å². The molecule has 25 heavy (non-hydrogen) atoms. The van der Waals surface area contributed by atoms with Crippen molar-refractivity contribution in [3.8, 4) is 11.5 Å². The van der Waals surface area contributed by atoms with Crippen LogP contribution in [0.1, 0.15) is 32.3 Å². The molecule has 1 aromatic rings. The molecule has 2 N–H and O–H groups in total. The monoisotopic (exact) mass is 348 g/mol. The molecule has 6 heteroatoms. The second-order valence-electron chi connectivity index (χ2n) is 6.60. The highest BCUT2D eigenvalue weighted by molar-refractivity contribution is 5.79. The fraction of sp³-hybridized carbons (Fsp3) is 0.632. The van der Waals surface area contributed by atoms with Gasteiger partial charge < -0.3 is 25.0 Å². The molecule has 1 aliphatic heterocycles. The van der Waals surface area contributed by atoms with Crippen molar-refractivity contribution in [3.05, 3.63) is 23.8 Å². The third kappa shape index (κ3) is 5.26. The smallest absolute Gasteiger partial charge is 0.231 e. The summed E-state index contributed by atoms with van der Waals surface area (Å²) in [7, 11) is 6.09. The number of ether oxygens (including phenoxy) is 2. The van der Waals surface area contributed by atoms with Crippen molar-refractivity contribution < 1.29 is 9.47 Å². The molecule has 1 aliphatic rings. The van der Waals surface area contributed by atoms with E-state index >= 15 is 0 Å². The van der Waals surface area contributed by atoms with E-state index in [1.807, 2.05) is 18.2 Å². The summed E-state index contributed by atoms with van der Waals surface area (Å²) in [6.07, 6.45) is 2.37. The first-order chi connectivity index (χ1) is 12.1. The fourth-order valence-corrected chi connectivity index (χ4v) is 3.26. The largest absolute Gasteiger partial charge is 0.454 e. The molecule has 6 nitrogen and oxygen atoms in total. The van der Waals surface area contributed by atoms with Crippen LogP contribution in [0.25, 0.3) is 0 Å². The van der Waals surface area contributed by atoms with Crippen LogP contribution in [0.3, 0.4) is 0 Å². The van der Waals surface area contributed by atoms with Crippen LogP contribution in [0.4, 0.5) is 0 Å². The number of hydrogen-bond donors (Lipinski definition) is 2. The summed E-state index contributed by atoms with van der Waals surface area (Å²) in [6.45, 7) is 6.39. The van der Waals surface area contributed by atoms with E-state index in [9.17, 15) is 0 Å². The first-order valence-electron chi connectivity index (χ1n) is 9.08. The predicted octanol–water partition coefficient (Wildman–Crippen LogP) is 2.45. The number of fused-ring (bicyclic) bond motifs is 1. The van der Waals surface area contributed by atoms with Crippen LogP contribution in [0.15, 0.2) is 23.2 Å². The molecule has 140 valence electrons. The highest BCUT2D eigenvalue weighted by atomic mass is 16.7. The predicted molar refractivity (Wildman–Crippen MR) is 102 cm³/mol. The minimum atomic E-state index is 0.303. The maximum atomic E-state index is 5.43. The van der Waals surface area contributed by atoms with Gasteiger partial charge in [0.25, 0.3) is 0 Å². The number of hydrogen-bond acceptors (Lipinski definition) is 4. The van der Waals surface area contributed by atoms with Crippen molar-refractivity contribution in [2.45, 2.75) is 39.3 Å². The van der Waals surface area contributed by atoms with Gasteiger partial charge in [-0.3, -0.25) is 4.99 Å². The molecule has 0 amide bonds. The Balaban J connectivity index is 1.87. The van der Waals surface area contributed by atoms with Crippen molar-refractivity contribution in [3.63, 3.8) is 0 Å². The number of rotatable bonds is 8. The summed E-state index contributed by atoms with van der Waals surface area (Å²) in [5.41, 5.74) is 1.14. The zero-order chi connectivity index (χ0) is 18.2. The van der Waals surface area contributed by atoms with Gasteiger partial charge in [0, 0.05) is 26.2 Å². The number of nitrogens with zero attached hydrogens (tertiary/aromatic N) is 2. The molecule has 1 atom stereocenters. The maximum Gasteiger partial charge on any atom is 0.231 e. The lowest BCUT2D eigenvalue weighted by Gasteiger charge is -2.32. The maximum absolute atomic E-state index is 5.43. The number of aliphatic imine (C=N–C) groups is 1. The molecule has 0 radical (unpaired) electrons. The van der Waals surface area contributed by atoms with Crippen LogP contribution in [-0.4, -0.2) is 51.4 Å². The average Bonchev–Trinajstić information content (AvgIpc) is 3.08. The molecule has 1 heterocycles. The van der Waals surface area contributed by atoms with E-state index in [2.05, 4.69) is 48.5 Å². The van der Waals surface area contributed by atoms with E-state index in [-0.39, 0.29) is 0 Å². The normalized spacial score (nSPS) is 14.9. The van der Waals surface area contributed by atoms with Crippen LogP contribution < -0.4 is 20.1 Å². The molecule has 0 saturated heterocycles. The fourth-order valence-electron chi connectivity index (χ4n) is 3.26. The lowest BCUT2D eigenvalue weighted by Crippen LogP contribution is -2.47. The van der Waals surface area contributed by atoms with Crippen LogP contribution in [0.2, 0.25) is 0 Å². The van der Waals surface area contributed by atoms with E-state index < -0.39 is 0 Å². The molecule has 0 spiro atoms. The second kappa shape index (κ2) is 9.51. The Labute approximate surface area is 151 Å². The molecule has 0 aliphatic carbocycles. The van der Waals surface area contributed by atoms with Gasteiger partial charge in [-0.05, 0) is 37.7 Å². The van der Waals surface area contributed by atoms with Gasteiger partial charge in [0.2, 0.25) is 6.79 Å². The first kappa shape index (κ1) is 19.4. The highest BCUT2D eigenvalue weighted by Gasteiger charge is 2.20. The van der Waals surface area contributed by atoms with E-state index in [0.29, 0.717) is 25.3 Å². The van der Waals surface area contributed by atoms with Crippen LogP contribution in [0, 0.1) is 5.92 Å². The molecular weight excluding hydrogens is 316 g/mol. The second-order valence-corrected chi connectivity index (χ2v) is 6.60. The number of nitrogens with one attached hydrogen (secondary N) is 2. The Morgan fingerprint density at radius 1 is 1.16 bits per heavy atom. The van der Waals surface area contributed by atoms with Gasteiger partial charge >= 0.3 is 0 Å². The van der Waals surface area contributed by atoms with E-state index in [4.69, 9.17) is 9.47 Å². The Morgan fingerprint density at radius 3 is 2.52 bits per heavy atom. The van der Waals surface area contributed by atoms with Crippen LogP contribution in [0.5, 0.6) is 11.5 Å². The quantitative estimate of drug-likeness (QED) is 0.558. The van der Waals surface area contributed by atoms with Gasteiger partial charge in [0.1, 0.15) is 0 Å². The Hall–Kier alpha value is -1.95. The van der Waals surface area contributed by atoms with E-state index in [1.54, 1.807) is 7.05 Å². The van der Waals surface area contributed by atoms with Gasteiger partial charge in [-0.1, -0.05) is 32.8 Å². The lowest BCUT2D eigenvalue weighted by atomic mass is 9.93. The topological polar surface area (TPSA) is 58.1 Å². The van der Waals surface area contributed by atoms with E-state index in [1.165, 1.54) is 12.8 Å². The number of likely N-dealkylation sites (N-methyl/N-ethyl adjacent to an activating group) is 1. The SMILES string of the molecule is CCC(CC)C(CNC(=NC)NCc1ccc2c(c1)OCO2)N(C)C. The molecule has 2 rings (SSSR count). The highest BCUT2D eigenvalue weighted by Crippen LogP contribution is 2.32. The van der Waals surface area contributed by atoms with Gasteiger partial charge in [-0.25, -0.2) is 0 Å². The van der Waals surface area contributed by atoms with Crippen molar-refractivity contribution in [1.29, 1.82) is 0 Å². The summed E-state index contributed by atoms with van der Waals surface area (Å²) in [4.78, 5) is 6.64. The lowest BCUT2D eigenvalue weighted by molar-refractivity contribution is 0.174. The van der Waals surface area contributed by atoms with Gasteiger partial charge in [-0.15, -0.1) is 0 Å². The van der Waals surface area contributed by atoms with E-state index in [0.717, 1.165) is 29.6 Å². The standard InChI is InChI=1S/C19H32N4O2/c1-6-15(7-2)16(23(4)5)12-22-19(20-3)21-11-14-8-9-17-18(10-14)25-13-24-17/h8-10,15-16H,6-7,11-13H2,1-5H3,(H2,20,21,22). The van der Waals surface area contributed by atoms with Crippen molar-refractivity contribution in [2.75, 3.05) is 34.5 Å². The first-order valence-corrected chi connectivity index (χ1v) is 9.08. The summed E-state index contributed by atoms with van der Waals surface area (Å²) in [5.74, 6) is 3.11. The van der Waals surface area contributed by atoms with Crippen LogP contribution in [-0.2, 0) is 6.54 Å². The van der Waals surface area contributed by atoms with Gasteiger partial charge in [0.15, 0.2) is 17.5 Å². The summed E-state index contributed by atoms with van der Waals surface area (Å²) >= 11 is 0. The van der Waals surface area contributed by atoms with Crippen LogP contribution >= 0.6 is 0 Å². The summed E-state index contributed by atoms with van der Waals surface area (Å²) in [5, 5.41) is 6.83. The summed E-state index contributed by atoms with van der Waals surface area (Å²) < 4.78 is 10.8.